The second-order valence-electron chi connectivity index (χ2n) is 5.12. The molecule has 1 aromatic heterocycles. The van der Waals surface area contributed by atoms with Gasteiger partial charge in [0.1, 0.15) is 10.8 Å². The van der Waals surface area contributed by atoms with Crippen molar-refractivity contribution in [3.05, 3.63) is 34.8 Å². The third-order valence-electron chi connectivity index (χ3n) is 3.42. The van der Waals surface area contributed by atoms with E-state index in [-0.39, 0.29) is 0 Å². The number of nitrogens with zero attached hydrogens (tertiary/aromatic N) is 2. The van der Waals surface area contributed by atoms with E-state index in [2.05, 4.69) is 48.4 Å². The van der Waals surface area contributed by atoms with Crippen molar-refractivity contribution in [1.29, 1.82) is 0 Å². The lowest BCUT2D eigenvalue weighted by atomic mass is 9.99. The predicted octanol–water partition coefficient (Wildman–Crippen LogP) is 4.34. The van der Waals surface area contributed by atoms with Crippen molar-refractivity contribution in [2.75, 3.05) is 6.54 Å². The third kappa shape index (κ3) is 4.79. The van der Waals surface area contributed by atoms with Gasteiger partial charge in [-0.25, -0.2) is 0 Å². The van der Waals surface area contributed by atoms with Gasteiger partial charge in [0.25, 0.3) is 5.19 Å². The number of nitrogens with one attached hydrogen (secondary N) is 1. The lowest BCUT2D eigenvalue weighted by molar-refractivity contribution is 0.472. The maximum absolute atomic E-state index is 5.75. The smallest absolute Gasteiger partial charge is 0.299 e. The fourth-order valence-corrected chi connectivity index (χ4v) is 2.60. The molecule has 0 saturated heterocycles. The molecule has 0 fully saturated rings. The molecule has 2 rings (SSSR count). The Morgan fingerprint density at radius 2 is 1.95 bits per heavy atom. The molecule has 0 aliphatic rings. The average Bonchev–Trinajstić information content (AvgIpc) is 2.95. The van der Waals surface area contributed by atoms with Crippen molar-refractivity contribution >= 4 is 11.3 Å². The van der Waals surface area contributed by atoms with E-state index >= 15 is 0 Å². The zero-order valence-corrected chi connectivity index (χ0v) is 13.7. The van der Waals surface area contributed by atoms with Crippen LogP contribution in [0.25, 0.3) is 0 Å². The van der Waals surface area contributed by atoms with E-state index in [1.54, 1.807) is 0 Å². The first-order chi connectivity index (χ1) is 10.2. The molecule has 1 atom stereocenters. The largest absolute Gasteiger partial charge is 0.430 e. The van der Waals surface area contributed by atoms with Crippen LogP contribution in [0, 0.1) is 0 Å². The summed E-state index contributed by atoms with van der Waals surface area (Å²) >= 11 is 1.49. The van der Waals surface area contributed by atoms with Crippen molar-refractivity contribution in [1.82, 2.24) is 15.5 Å². The monoisotopic (exact) mass is 305 g/mol. The molecule has 2 aromatic rings. The molecule has 114 valence electrons. The molecule has 1 aromatic carbocycles. The molecule has 0 saturated carbocycles. The molecule has 1 N–H and O–H groups in total. The van der Waals surface area contributed by atoms with Gasteiger partial charge < -0.3 is 10.1 Å². The molecule has 5 heteroatoms. The molecule has 0 aliphatic heterocycles. The lowest BCUT2D eigenvalue weighted by Crippen LogP contribution is -2.13. The second kappa shape index (κ2) is 8.10. The van der Waals surface area contributed by atoms with Gasteiger partial charge in [0, 0.05) is 6.54 Å². The van der Waals surface area contributed by atoms with Crippen LogP contribution in [0.3, 0.4) is 0 Å². The highest BCUT2D eigenvalue weighted by Crippen LogP contribution is 2.27. The van der Waals surface area contributed by atoms with E-state index in [9.17, 15) is 0 Å². The summed E-state index contributed by atoms with van der Waals surface area (Å²) in [6.45, 7) is 8.32. The summed E-state index contributed by atoms with van der Waals surface area (Å²) in [6.07, 6.45) is 2.26. The molecule has 0 radical (unpaired) electrons. The van der Waals surface area contributed by atoms with Crippen LogP contribution in [-0.4, -0.2) is 16.7 Å². The van der Waals surface area contributed by atoms with Gasteiger partial charge in [-0.1, -0.05) is 49.3 Å². The van der Waals surface area contributed by atoms with Gasteiger partial charge >= 0.3 is 0 Å². The van der Waals surface area contributed by atoms with Crippen molar-refractivity contribution < 1.29 is 4.74 Å². The van der Waals surface area contributed by atoms with Gasteiger partial charge in [0.15, 0.2) is 0 Å². The number of rotatable bonds is 8. The van der Waals surface area contributed by atoms with Crippen LogP contribution < -0.4 is 10.1 Å². The maximum atomic E-state index is 5.75. The van der Waals surface area contributed by atoms with Gasteiger partial charge in [0.05, 0.1) is 0 Å². The van der Waals surface area contributed by atoms with Gasteiger partial charge in [-0.2, -0.15) is 0 Å². The van der Waals surface area contributed by atoms with Gasteiger partial charge in [-0.3, -0.25) is 0 Å². The minimum atomic E-state index is 0.580. The Bertz CT molecular complexity index is 539. The first kappa shape index (κ1) is 15.9. The molecule has 0 bridgehead atoms. The van der Waals surface area contributed by atoms with Crippen molar-refractivity contribution in [2.45, 2.75) is 46.1 Å². The van der Waals surface area contributed by atoms with Crippen LogP contribution in [0.5, 0.6) is 10.9 Å². The fraction of sp³-hybridized carbons (Fsp3) is 0.500. The first-order valence-electron chi connectivity index (χ1n) is 7.53. The summed E-state index contributed by atoms with van der Waals surface area (Å²) in [5, 5.41) is 13.1. The molecule has 0 amide bonds. The Morgan fingerprint density at radius 1 is 1.19 bits per heavy atom. The van der Waals surface area contributed by atoms with Gasteiger partial charge in [-0.05, 0) is 43.0 Å². The summed E-state index contributed by atoms with van der Waals surface area (Å²) in [6, 6.07) is 8.23. The standard InChI is InChI=1S/C16H23N3OS/c1-4-10-17-11-15-18-19-16(21-15)20-14-8-6-13(7-9-14)12(3)5-2/h6-9,12,17H,4-5,10-11H2,1-3H3. The highest BCUT2D eigenvalue weighted by atomic mass is 32.1. The topological polar surface area (TPSA) is 47.0 Å². The van der Waals surface area contributed by atoms with Gasteiger partial charge in [-0.15, -0.1) is 5.10 Å². The minimum absolute atomic E-state index is 0.580. The van der Waals surface area contributed by atoms with E-state index in [1.165, 1.54) is 16.9 Å². The molecule has 1 unspecified atom stereocenters. The van der Waals surface area contributed by atoms with Crippen molar-refractivity contribution in [3.63, 3.8) is 0 Å². The van der Waals surface area contributed by atoms with Crippen LogP contribution in [0.2, 0.25) is 0 Å². The van der Waals surface area contributed by atoms with E-state index in [0.717, 1.165) is 36.7 Å². The Morgan fingerprint density at radius 3 is 2.62 bits per heavy atom. The maximum Gasteiger partial charge on any atom is 0.299 e. The Kier molecular flexibility index (Phi) is 6.14. The molecular weight excluding hydrogens is 282 g/mol. The molecule has 21 heavy (non-hydrogen) atoms. The van der Waals surface area contributed by atoms with Gasteiger partial charge in [0.2, 0.25) is 0 Å². The molecule has 4 nitrogen and oxygen atoms in total. The van der Waals surface area contributed by atoms with Crippen molar-refractivity contribution in [2.24, 2.45) is 0 Å². The minimum Gasteiger partial charge on any atom is -0.430 e. The number of hydrogen-bond donors (Lipinski definition) is 1. The first-order valence-corrected chi connectivity index (χ1v) is 8.35. The summed E-state index contributed by atoms with van der Waals surface area (Å²) in [5.41, 5.74) is 1.34. The fourth-order valence-electron chi connectivity index (χ4n) is 1.92. The molecular formula is C16H23N3OS. The average molecular weight is 305 g/mol. The normalized spacial score (nSPS) is 12.3. The van der Waals surface area contributed by atoms with Crippen LogP contribution >= 0.6 is 11.3 Å². The Balaban J connectivity index is 1.92. The number of ether oxygens (including phenoxy) is 1. The van der Waals surface area contributed by atoms with Crippen LogP contribution in [0.4, 0.5) is 0 Å². The summed E-state index contributed by atoms with van der Waals surface area (Å²) in [5.74, 6) is 1.39. The Hall–Kier alpha value is -1.46. The summed E-state index contributed by atoms with van der Waals surface area (Å²) < 4.78 is 5.75. The Labute approximate surface area is 130 Å². The molecule has 0 aliphatic carbocycles. The van der Waals surface area contributed by atoms with Crippen LogP contribution in [0.1, 0.15) is 50.1 Å². The summed E-state index contributed by atoms with van der Waals surface area (Å²) in [4.78, 5) is 0. The van der Waals surface area contributed by atoms with Crippen LogP contribution in [0.15, 0.2) is 24.3 Å². The second-order valence-corrected chi connectivity index (χ2v) is 6.14. The highest BCUT2D eigenvalue weighted by molar-refractivity contribution is 7.13. The van der Waals surface area contributed by atoms with E-state index < -0.39 is 0 Å². The third-order valence-corrected chi connectivity index (χ3v) is 4.22. The molecule has 0 spiro atoms. The number of aromatic nitrogens is 2. The molecule has 1 heterocycles. The SMILES string of the molecule is CCCNCc1nnc(Oc2ccc(C(C)CC)cc2)s1. The van der Waals surface area contributed by atoms with E-state index in [1.807, 2.05) is 12.1 Å². The zero-order valence-electron chi connectivity index (χ0n) is 12.9. The van der Waals surface area contributed by atoms with Crippen molar-refractivity contribution in [3.8, 4) is 10.9 Å². The highest BCUT2D eigenvalue weighted by Gasteiger charge is 2.07. The van der Waals surface area contributed by atoms with E-state index in [4.69, 9.17) is 4.74 Å². The van der Waals surface area contributed by atoms with Crippen LogP contribution in [-0.2, 0) is 6.54 Å². The van der Waals surface area contributed by atoms with E-state index in [0.29, 0.717) is 11.1 Å². The quantitative estimate of drug-likeness (QED) is 0.737. The summed E-state index contributed by atoms with van der Waals surface area (Å²) in [7, 11) is 0. The number of hydrogen-bond acceptors (Lipinski definition) is 5. The predicted molar refractivity (Wildman–Crippen MR) is 87.1 cm³/mol. The number of benzene rings is 1. The zero-order chi connectivity index (χ0) is 15.1. The lowest BCUT2D eigenvalue weighted by Gasteiger charge is -2.09.